The molecule has 0 bridgehead atoms. The van der Waals surface area contributed by atoms with Crippen molar-refractivity contribution in [3.8, 4) is 0 Å². The van der Waals surface area contributed by atoms with E-state index in [1.165, 1.54) is 45.4 Å². The summed E-state index contributed by atoms with van der Waals surface area (Å²) < 4.78 is 0. The summed E-state index contributed by atoms with van der Waals surface area (Å²) in [6, 6.07) is 14.3. The first-order valence-electron chi connectivity index (χ1n) is 11.6. The second kappa shape index (κ2) is 11.2. The zero-order chi connectivity index (χ0) is 27.4. The van der Waals surface area contributed by atoms with E-state index in [0.717, 1.165) is 5.56 Å². The fourth-order valence-corrected chi connectivity index (χ4v) is 5.03. The van der Waals surface area contributed by atoms with Crippen LogP contribution >= 0.6 is 11.3 Å². The van der Waals surface area contributed by atoms with Gasteiger partial charge >= 0.3 is 5.97 Å². The van der Waals surface area contributed by atoms with Crippen LogP contribution in [0.25, 0.3) is 0 Å². The van der Waals surface area contributed by atoms with E-state index in [1.54, 1.807) is 35.7 Å². The number of carbonyl (C=O) groups excluding carboxylic acids is 3. The van der Waals surface area contributed by atoms with Crippen molar-refractivity contribution in [2.24, 2.45) is 0 Å². The zero-order valence-corrected chi connectivity index (χ0v) is 21.1. The van der Waals surface area contributed by atoms with E-state index in [2.05, 4.69) is 5.32 Å². The van der Waals surface area contributed by atoms with Crippen molar-refractivity contribution < 1.29 is 29.2 Å². The van der Waals surface area contributed by atoms with Crippen LogP contribution in [0.5, 0.6) is 0 Å². The highest BCUT2D eigenvalue weighted by Crippen LogP contribution is 2.26. The first-order chi connectivity index (χ1) is 18.2. The van der Waals surface area contributed by atoms with Gasteiger partial charge in [0.1, 0.15) is 0 Å². The van der Waals surface area contributed by atoms with Crippen molar-refractivity contribution in [3.05, 3.63) is 97.7 Å². The number of thiophene rings is 1. The third-order valence-electron chi connectivity index (χ3n) is 6.10. The molecule has 11 nitrogen and oxygen atoms in total. The maximum Gasteiger partial charge on any atom is 0.305 e. The van der Waals surface area contributed by atoms with Gasteiger partial charge in [-0.15, -0.1) is 11.3 Å². The summed E-state index contributed by atoms with van der Waals surface area (Å²) in [5.74, 6) is -2.91. The second-order valence-electron chi connectivity index (χ2n) is 8.73. The van der Waals surface area contributed by atoms with Gasteiger partial charge in [-0.2, -0.15) is 0 Å². The Kier molecular flexibility index (Phi) is 7.82. The standard InChI is InChI=1S/C26H24N4O7S/c1-16-5-2-7-18(13-16)25(34)28-10-11-29(26(35)21-9-4-12-38-21)24(28)23(33)27-20(15-22(31)32)17-6-3-8-19(14-17)30(36)37/h2-9,12-14,20,24H,10-11,15H2,1H3,(H,27,33)(H,31,32). The normalized spacial score (nSPS) is 15.7. The van der Waals surface area contributed by atoms with Crippen LogP contribution in [0, 0.1) is 17.0 Å². The molecule has 12 heteroatoms. The number of nitro groups is 1. The number of aryl methyl sites for hydroxylation is 1. The molecule has 2 N–H and O–H groups in total. The second-order valence-corrected chi connectivity index (χ2v) is 9.68. The minimum atomic E-state index is -1.35. The van der Waals surface area contributed by atoms with Gasteiger partial charge in [-0.1, -0.05) is 35.9 Å². The summed E-state index contributed by atoms with van der Waals surface area (Å²) in [7, 11) is 0. The highest BCUT2D eigenvalue weighted by molar-refractivity contribution is 7.12. The lowest BCUT2D eigenvalue weighted by atomic mass is 10.0. The van der Waals surface area contributed by atoms with Crippen molar-refractivity contribution in [1.29, 1.82) is 0 Å². The maximum atomic E-state index is 13.7. The highest BCUT2D eigenvalue weighted by Gasteiger charge is 2.44. The van der Waals surface area contributed by atoms with Gasteiger partial charge in [-0.25, -0.2) is 0 Å². The van der Waals surface area contributed by atoms with Crippen molar-refractivity contribution in [3.63, 3.8) is 0 Å². The Morgan fingerprint density at radius 2 is 1.76 bits per heavy atom. The quantitative estimate of drug-likeness (QED) is 0.331. The number of nitrogens with one attached hydrogen (secondary N) is 1. The predicted molar refractivity (Wildman–Crippen MR) is 138 cm³/mol. The Morgan fingerprint density at radius 3 is 2.39 bits per heavy atom. The van der Waals surface area contributed by atoms with Gasteiger partial charge in [0, 0.05) is 30.8 Å². The number of non-ortho nitro benzene ring substituents is 1. The van der Waals surface area contributed by atoms with E-state index in [-0.39, 0.29) is 24.3 Å². The van der Waals surface area contributed by atoms with Crippen molar-refractivity contribution in [2.45, 2.75) is 25.6 Å². The number of nitro benzene ring substituents is 1. The number of amides is 3. The van der Waals surface area contributed by atoms with E-state index in [4.69, 9.17) is 0 Å². The van der Waals surface area contributed by atoms with Gasteiger partial charge < -0.3 is 20.2 Å². The van der Waals surface area contributed by atoms with Crippen LogP contribution in [0.15, 0.2) is 66.0 Å². The minimum absolute atomic E-state index is 0.0857. The van der Waals surface area contributed by atoms with Crippen LogP contribution in [0.1, 0.15) is 43.6 Å². The Labute approximate surface area is 221 Å². The molecule has 1 aliphatic rings. The van der Waals surface area contributed by atoms with Crippen molar-refractivity contribution in [1.82, 2.24) is 15.1 Å². The Bertz CT molecular complexity index is 1390. The SMILES string of the molecule is Cc1cccc(C(=O)N2CCN(C(=O)c3cccs3)C2C(=O)NC(CC(=O)O)c2cccc([N+](=O)[O-])c2)c1. The monoisotopic (exact) mass is 536 g/mol. The summed E-state index contributed by atoms with van der Waals surface area (Å²) >= 11 is 1.20. The third-order valence-corrected chi connectivity index (χ3v) is 6.96. The Balaban J connectivity index is 1.68. The summed E-state index contributed by atoms with van der Waals surface area (Å²) in [5.41, 5.74) is 1.13. The minimum Gasteiger partial charge on any atom is -0.481 e. The number of carboxylic acid groups (broad SMARTS) is 1. The molecule has 196 valence electrons. The number of aliphatic carboxylic acids is 1. The van der Waals surface area contributed by atoms with Gasteiger partial charge in [0.25, 0.3) is 23.4 Å². The molecule has 0 spiro atoms. The van der Waals surface area contributed by atoms with E-state index in [0.29, 0.717) is 10.4 Å². The fraction of sp³-hybridized carbons (Fsp3) is 0.231. The topological polar surface area (TPSA) is 150 Å². The van der Waals surface area contributed by atoms with Gasteiger partial charge in [-0.3, -0.25) is 29.3 Å². The molecule has 1 saturated heterocycles. The molecule has 2 aromatic carbocycles. The van der Waals surface area contributed by atoms with Crippen LogP contribution in [-0.2, 0) is 9.59 Å². The average molecular weight is 537 g/mol. The molecule has 1 fully saturated rings. The van der Waals surface area contributed by atoms with Crippen molar-refractivity contribution >= 4 is 40.7 Å². The number of rotatable bonds is 8. The molecule has 3 amide bonds. The molecule has 0 aliphatic carbocycles. The molecule has 2 unspecified atom stereocenters. The molecule has 2 heterocycles. The Morgan fingerprint density at radius 1 is 1.05 bits per heavy atom. The van der Waals surface area contributed by atoms with Crippen molar-refractivity contribution in [2.75, 3.05) is 13.1 Å². The van der Waals surface area contributed by atoms with Crippen LogP contribution in [-0.4, -0.2) is 62.8 Å². The molecule has 3 aromatic rings. The molecule has 2 atom stereocenters. The third kappa shape index (κ3) is 5.70. The van der Waals surface area contributed by atoms with Crippen LogP contribution < -0.4 is 5.32 Å². The summed E-state index contributed by atoms with van der Waals surface area (Å²) in [6.45, 7) is 2.00. The fourth-order valence-electron chi connectivity index (χ4n) is 4.35. The first kappa shape index (κ1) is 26.5. The first-order valence-corrected chi connectivity index (χ1v) is 12.5. The summed E-state index contributed by atoms with van der Waals surface area (Å²) in [5, 5.41) is 25.1. The number of carboxylic acids is 1. The molecule has 1 aromatic heterocycles. The van der Waals surface area contributed by atoms with Crippen LogP contribution in [0.4, 0.5) is 5.69 Å². The van der Waals surface area contributed by atoms with Crippen LogP contribution in [0.2, 0.25) is 0 Å². The summed E-state index contributed by atoms with van der Waals surface area (Å²) in [6.07, 6.45) is -1.92. The van der Waals surface area contributed by atoms with E-state index >= 15 is 0 Å². The largest absolute Gasteiger partial charge is 0.481 e. The lowest BCUT2D eigenvalue weighted by Gasteiger charge is -2.30. The number of nitrogens with zero attached hydrogens (tertiary/aromatic N) is 3. The average Bonchev–Trinajstić information content (AvgIpc) is 3.58. The van der Waals surface area contributed by atoms with Gasteiger partial charge in [0.15, 0.2) is 6.17 Å². The van der Waals surface area contributed by atoms with Crippen LogP contribution in [0.3, 0.4) is 0 Å². The van der Waals surface area contributed by atoms with E-state index < -0.39 is 47.2 Å². The smallest absolute Gasteiger partial charge is 0.305 e. The highest BCUT2D eigenvalue weighted by atomic mass is 32.1. The molecular formula is C26H24N4O7S. The molecule has 0 radical (unpaired) electrons. The molecule has 38 heavy (non-hydrogen) atoms. The summed E-state index contributed by atoms with van der Waals surface area (Å²) in [4.78, 5) is 65.6. The number of hydrogen-bond donors (Lipinski definition) is 2. The molecule has 0 saturated carbocycles. The number of carbonyl (C=O) groups is 4. The predicted octanol–water partition coefficient (Wildman–Crippen LogP) is 3.22. The molecular weight excluding hydrogens is 512 g/mol. The number of hydrogen-bond acceptors (Lipinski definition) is 7. The van der Waals surface area contributed by atoms with Gasteiger partial charge in [-0.05, 0) is 36.1 Å². The Hall–Kier alpha value is -4.58. The lowest BCUT2D eigenvalue weighted by molar-refractivity contribution is -0.384. The molecule has 1 aliphatic heterocycles. The van der Waals surface area contributed by atoms with Gasteiger partial charge in [0.2, 0.25) is 0 Å². The maximum absolute atomic E-state index is 13.7. The molecule has 4 rings (SSSR count). The van der Waals surface area contributed by atoms with Gasteiger partial charge in [0.05, 0.1) is 22.3 Å². The van der Waals surface area contributed by atoms with E-state index in [1.807, 2.05) is 13.0 Å². The zero-order valence-electron chi connectivity index (χ0n) is 20.3. The van der Waals surface area contributed by atoms with E-state index in [9.17, 15) is 34.4 Å². The number of benzene rings is 2. The lowest BCUT2D eigenvalue weighted by Crippen LogP contribution is -2.54.